The molecule has 0 atom stereocenters. The summed E-state index contributed by atoms with van der Waals surface area (Å²) in [5.74, 6) is 0.844. The number of benzene rings is 3. The van der Waals surface area contributed by atoms with Crippen molar-refractivity contribution in [1.29, 1.82) is 5.26 Å². The second kappa shape index (κ2) is 12.6. The molecular weight excluding hydrogens is 524 g/mol. The zero-order valence-corrected chi connectivity index (χ0v) is 23.8. The minimum atomic E-state index is -0.159. The number of likely N-dealkylation sites (tertiary alicyclic amines) is 2. The van der Waals surface area contributed by atoms with Gasteiger partial charge in [0, 0.05) is 49.7 Å². The van der Waals surface area contributed by atoms with E-state index in [1.807, 2.05) is 71.6 Å². The summed E-state index contributed by atoms with van der Waals surface area (Å²) in [6.45, 7) is 4.24. The molecule has 0 saturated carbocycles. The summed E-state index contributed by atoms with van der Waals surface area (Å²) in [5, 5.41) is 13.1. The molecule has 0 aliphatic carbocycles. The van der Waals surface area contributed by atoms with Crippen LogP contribution in [0.2, 0.25) is 0 Å². The second-order valence-electron chi connectivity index (χ2n) is 11.6. The maximum absolute atomic E-state index is 13.0. The highest BCUT2D eigenvalue weighted by Crippen LogP contribution is 2.27. The van der Waals surface area contributed by atoms with Crippen molar-refractivity contribution in [3.8, 4) is 6.07 Å². The Balaban J connectivity index is 0.982. The SMILES string of the molecule is N#Cc1ccc(CN2CCC(NC(=O)c3cc4cc(CC5CCN(C(=O)c6ccccc6)CC5)ccc4o3)CC2)cc1. The van der Waals surface area contributed by atoms with Crippen molar-refractivity contribution < 1.29 is 14.0 Å². The van der Waals surface area contributed by atoms with Crippen LogP contribution in [0.15, 0.2) is 83.3 Å². The van der Waals surface area contributed by atoms with Crippen LogP contribution < -0.4 is 5.32 Å². The molecule has 0 bridgehead atoms. The molecule has 2 amide bonds. The van der Waals surface area contributed by atoms with Crippen molar-refractivity contribution in [2.24, 2.45) is 5.92 Å². The first-order valence-corrected chi connectivity index (χ1v) is 14.9. The predicted octanol–water partition coefficient (Wildman–Crippen LogP) is 5.79. The van der Waals surface area contributed by atoms with Crippen LogP contribution in [-0.4, -0.2) is 53.8 Å². The van der Waals surface area contributed by atoms with Crippen molar-refractivity contribution in [3.63, 3.8) is 0 Å². The number of fused-ring (bicyclic) bond motifs is 1. The molecule has 7 heteroatoms. The molecule has 0 unspecified atom stereocenters. The summed E-state index contributed by atoms with van der Waals surface area (Å²) in [6, 6.07) is 27.6. The number of nitriles is 1. The predicted molar refractivity (Wildman–Crippen MR) is 162 cm³/mol. The topological polar surface area (TPSA) is 89.6 Å². The molecule has 1 aromatic heterocycles. The van der Waals surface area contributed by atoms with Crippen LogP contribution in [0.25, 0.3) is 11.0 Å². The van der Waals surface area contributed by atoms with Crippen LogP contribution in [0.1, 0.15) is 63.3 Å². The number of amides is 2. The van der Waals surface area contributed by atoms with Gasteiger partial charge >= 0.3 is 0 Å². The number of carbonyl (C=O) groups is 2. The van der Waals surface area contributed by atoms with Crippen LogP contribution >= 0.6 is 0 Å². The molecule has 4 aromatic rings. The zero-order valence-electron chi connectivity index (χ0n) is 23.8. The molecule has 0 radical (unpaired) electrons. The number of piperidine rings is 2. The summed E-state index contributed by atoms with van der Waals surface area (Å²) in [5.41, 5.74) is 4.59. The number of furan rings is 1. The van der Waals surface area contributed by atoms with E-state index in [1.54, 1.807) is 0 Å². The lowest BCUT2D eigenvalue weighted by Crippen LogP contribution is -2.44. The lowest BCUT2D eigenvalue weighted by Gasteiger charge is -2.32. The molecule has 2 aliphatic rings. The Kier molecular flexibility index (Phi) is 8.34. The molecule has 3 heterocycles. The van der Waals surface area contributed by atoms with Gasteiger partial charge in [-0.2, -0.15) is 5.26 Å². The van der Waals surface area contributed by atoms with Crippen LogP contribution in [0.3, 0.4) is 0 Å². The van der Waals surface area contributed by atoms with E-state index >= 15 is 0 Å². The van der Waals surface area contributed by atoms with Gasteiger partial charge in [0.05, 0.1) is 11.6 Å². The normalized spacial score (nSPS) is 16.8. The largest absolute Gasteiger partial charge is 0.451 e. The molecule has 2 aliphatic heterocycles. The molecule has 2 fully saturated rings. The number of hydrogen-bond donors (Lipinski definition) is 1. The quantitative estimate of drug-likeness (QED) is 0.309. The van der Waals surface area contributed by atoms with Gasteiger partial charge in [-0.1, -0.05) is 36.4 Å². The summed E-state index contributed by atoms with van der Waals surface area (Å²) >= 11 is 0. The third kappa shape index (κ3) is 6.56. The number of rotatable bonds is 7. The van der Waals surface area contributed by atoms with Gasteiger partial charge in [-0.25, -0.2) is 0 Å². The summed E-state index contributed by atoms with van der Waals surface area (Å²) in [7, 11) is 0. The zero-order chi connectivity index (χ0) is 28.9. The molecule has 0 spiro atoms. The Morgan fingerprint density at radius 2 is 1.57 bits per heavy atom. The smallest absolute Gasteiger partial charge is 0.287 e. The summed E-state index contributed by atoms with van der Waals surface area (Å²) in [4.78, 5) is 30.1. The first kappa shape index (κ1) is 27.7. The molecule has 42 heavy (non-hydrogen) atoms. The Morgan fingerprint density at radius 1 is 0.857 bits per heavy atom. The highest BCUT2D eigenvalue weighted by atomic mass is 16.3. The minimum Gasteiger partial charge on any atom is -0.451 e. The van der Waals surface area contributed by atoms with E-state index in [1.165, 1.54) is 11.1 Å². The Hall–Kier alpha value is -4.41. The molecule has 1 N–H and O–H groups in total. The standard InChI is InChI=1S/C35H36N4O3/c36-23-26-6-8-27(9-7-26)24-38-16-14-31(15-17-38)37-34(40)33-22-30-21-28(10-11-32(30)42-33)20-25-12-18-39(19-13-25)35(41)29-4-2-1-3-5-29/h1-11,21-22,25,31H,12-20,24H2,(H,37,40). The molecule has 214 valence electrons. The van der Waals surface area contributed by atoms with Gasteiger partial charge in [0.1, 0.15) is 5.58 Å². The summed E-state index contributed by atoms with van der Waals surface area (Å²) in [6.07, 6.45) is 4.71. The van der Waals surface area contributed by atoms with Gasteiger partial charge < -0.3 is 14.6 Å². The second-order valence-corrected chi connectivity index (χ2v) is 11.6. The third-order valence-electron chi connectivity index (χ3n) is 8.66. The van der Waals surface area contributed by atoms with E-state index in [9.17, 15) is 9.59 Å². The van der Waals surface area contributed by atoms with Gasteiger partial charge in [0.2, 0.25) is 0 Å². The number of hydrogen-bond acceptors (Lipinski definition) is 5. The van der Waals surface area contributed by atoms with E-state index in [2.05, 4.69) is 28.4 Å². The molecular formula is C35H36N4O3. The average Bonchev–Trinajstić information content (AvgIpc) is 3.47. The van der Waals surface area contributed by atoms with E-state index < -0.39 is 0 Å². The lowest BCUT2D eigenvalue weighted by molar-refractivity contribution is 0.0690. The Morgan fingerprint density at radius 3 is 2.29 bits per heavy atom. The van der Waals surface area contributed by atoms with Crippen LogP contribution in [0.5, 0.6) is 0 Å². The number of nitrogens with one attached hydrogen (secondary N) is 1. The van der Waals surface area contributed by atoms with Crippen LogP contribution in [-0.2, 0) is 13.0 Å². The lowest BCUT2D eigenvalue weighted by atomic mass is 9.89. The third-order valence-corrected chi connectivity index (χ3v) is 8.66. The number of carbonyl (C=O) groups excluding carboxylic acids is 2. The maximum Gasteiger partial charge on any atom is 0.287 e. The molecule has 2 saturated heterocycles. The van der Waals surface area contributed by atoms with Gasteiger partial charge in [-0.3, -0.25) is 14.5 Å². The van der Waals surface area contributed by atoms with Crippen molar-refractivity contribution in [1.82, 2.24) is 15.1 Å². The molecule has 7 nitrogen and oxygen atoms in total. The highest BCUT2D eigenvalue weighted by molar-refractivity contribution is 5.96. The fraction of sp³-hybridized carbons (Fsp3) is 0.343. The van der Waals surface area contributed by atoms with Crippen molar-refractivity contribution >= 4 is 22.8 Å². The van der Waals surface area contributed by atoms with Crippen molar-refractivity contribution in [2.75, 3.05) is 26.2 Å². The van der Waals surface area contributed by atoms with Crippen molar-refractivity contribution in [2.45, 2.75) is 44.7 Å². The van der Waals surface area contributed by atoms with Crippen LogP contribution in [0.4, 0.5) is 0 Å². The van der Waals surface area contributed by atoms with Crippen LogP contribution in [0, 0.1) is 17.2 Å². The highest BCUT2D eigenvalue weighted by Gasteiger charge is 2.25. The molecule has 6 rings (SSSR count). The number of nitrogens with zero attached hydrogens (tertiary/aromatic N) is 3. The summed E-state index contributed by atoms with van der Waals surface area (Å²) < 4.78 is 5.93. The minimum absolute atomic E-state index is 0.119. The maximum atomic E-state index is 13.0. The average molecular weight is 561 g/mol. The molecule has 3 aromatic carbocycles. The Labute approximate surface area is 246 Å². The van der Waals surface area contributed by atoms with E-state index in [0.29, 0.717) is 17.2 Å². The first-order chi connectivity index (χ1) is 20.5. The van der Waals surface area contributed by atoms with E-state index in [-0.39, 0.29) is 17.9 Å². The first-order valence-electron chi connectivity index (χ1n) is 14.9. The Bertz CT molecular complexity index is 1570. The van der Waals surface area contributed by atoms with E-state index in [0.717, 1.165) is 81.4 Å². The van der Waals surface area contributed by atoms with Gasteiger partial charge in [0.25, 0.3) is 11.8 Å². The van der Waals surface area contributed by atoms with Crippen molar-refractivity contribution in [3.05, 3.63) is 107 Å². The monoisotopic (exact) mass is 560 g/mol. The van der Waals surface area contributed by atoms with Gasteiger partial charge in [-0.15, -0.1) is 0 Å². The van der Waals surface area contributed by atoms with Gasteiger partial charge in [-0.05, 0) is 91.6 Å². The fourth-order valence-electron chi connectivity index (χ4n) is 6.20. The van der Waals surface area contributed by atoms with E-state index in [4.69, 9.17) is 9.68 Å². The fourth-order valence-corrected chi connectivity index (χ4v) is 6.20. The van der Waals surface area contributed by atoms with Gasteiger partial charge in [0.15, 0.2) is 5.76 Å².